The van der Waals surface area contributed by atoms with Gasteiger partial charge in [-0.1, -0.05) is 27.6 Å². The van der Waals surface area contributed by atoms with Gasteiger partial charge in [0.05, 0.1) is 29.1 Å². The summed E-state index contributed by atoms with van der Waals surface area (Å²) in [5.41, 5.74) is 2.88. The van der Waals surface area contributed by atoms with Gasteiger partial charge in [-0.3, -0.25) is 0 Å². The first-order chi connectivity index (χ1) is 15.3. The van der Waals surface area contributed by atoms with Crippen molar-refractivity contribution in [3.63, 3.8) is 0 Å². The van der Waals surface area contributed by atoms with Crippen LogP contribution in [0.1, 0.15) is 17.7 Å². The molecular formula is C23H21BrFN3O3S. The maximum atomic E-state index is 13.3. The third kappa shape index (κ3) is 3.53. The Bertz CT molecular complexity index is 1320. The number of halogens is 2. The Balaban J connectivity index is 1.49. The highest BCUT2D eigenvalue weighted by atomic mass is 79.9. The van der Waals surface area contributed by atoms with Crippen LogP contribution in [0.4, 0.5) is 4.39 Å². The van der Waals surface area contributed by atoms with Crippen LogP contribution >= 0.6 is 15.9 Å². The Morgan fingerprint density at radius 1 is 1.19 bits per heavy atom. The maximum Gasteiger partial charge on any atom is 0.243 e. The van der Waals surface area contributed by atoms with E-state index in [1.165, 1.54) is 16.4 Å². The molecule has 0 saturated carbocycles. The highest BCUT2D eigenvalue weighted by Gasteiger charge is 2.45. The number of aliphatic hydroxyl groups excluding tert-OH is 1. The van der Waals surface area contributed by atoms with E-state index in [1.807, 2.05) is 6.08 Å². The summed E-state index contributed by atoms with van der Waals surface area (Å²) < 4.78 is 43.8. The number of benzene rings is 2. The predicted molar refractivity (Wildman–Crippen MR) is 122 cm³/mol. The predicted octanol–water partition coefficient (Wildman–Crippen LogP) is 3.79. The van der Waals surface area contributed by atoms with Gasteiger partial charge in [-0.2, -0.15) is 9.40 Å². The van der Waals surface area contributed by atoms with Crippen LogP contribution in [0.15, 0.2) is 69.7 Å². The first kappa shape index (κ1) is 21.5. The number of hydrogen-bond donors (Lipinski definition) is 1. The lowest BCUT2D eigenvalue weighted by atomic mass is 9.69. The Morgan fingerprint density at radius 2 is 1.97 bits per heavy atom. The molecule has 2 aromatic carbocycles. The summed E-state index contributed by atoms with van der Waals surface area (Å²) in [5.74, 6) is -0.313. The van der Waals surface area contributed by atoms with Crippen molar-refractivity contribution in [1.82, 2.24) is 14.1 Å². The molecule has 0 spiro atoms. The van der Waals surface area contributed by atoms with E-state index < -0.39 is 15.4 Å². The highest BCUT2D eigenvalue weighted by Crippen LogP contribution is 2.45. The monoisotopic (exact) mass is 517 g/mol. The van der Waals surface area contributed by atoms with Gasteiger partial charge in [0.2, 0.25) is 10.0 Å². The van der Waals surface area contributed by atoms with E-state index in [0.29, 0.717) is 23.9 Å². The zero-order chi connectivity index (χ0) is 22.5. The Kier molecular flexibility index (Phi) is 5.32. The van der Waals surface area contributed by atoms with Gasteiger partial charge in [-0.15, -0.1) is 0 Å². The zero-order valence-corrected chi connectivity index (χ0v) is 19.5. The van der Waals surface area contributed by atoms with E-state index in [0.717, 1.165) is 22.5 Å². The number of aromatic nitrogens is 2. The quantitative estimate of drug-likeness (QED) is 0.571. The van der Waals surface area contributed by atoms with Crippen molar-refractivity contribution >= 4 is 32.0 Å². The van der Waals surface area contributed by atoms with Gasteiger partial charge in [-0.05, 0) is 66.9 Å². The van der Waals surface area contributed by atoms with Crippen LogP contribution in [0.2, 0.25) is 0 Å². The fourth-order valence-electron chi connectivity index (χ4n) is 4.61. The van der Waals surface area contributed by atoms with Crippen molar-refractivity contribution in [1.29, 1.82) is 0 Å². The van der Waals surface area contributed by atoms with Crippen molar-refractivity contribution < 1.29 is 17.9 Å². The summed E-state index contributed by atoms with van der Waals surface area (Å²) >= 11 is 3.34. The molecule has 1 unspecified atom stereocenters. The minimum absolute atomic E-state index is 0.162. The number of aliphatic hydroxyl groups is 1. The summed E-state index contributed by atoms with van der Waals surface area (Å²) in [5, 5.41) is 14.9. The zero-order valence-electron chi connectivity index (χ0n) is 17.1. The molecule has 5 rings (SSSR count). The first-order valence-corrected chi connectivity index (χ1v) is 12.5. The molecule has 166 valence electrons. The van der Waals surface area contributed by atoms with E-state index in [-0.39, 0.29) is 23.9 Å². The van der Waals surface area contributed by atoms with E-state index in [2.05, 4.69) is 21.0 Å². The van der Waals surface area contributed by atoms with Crippen molar-refractivity contribution in [3.05, 3.63) is 81.8 Å². The van der Waals surface area contributed by atoms with Crippen molar-refractivity contribution in [2.45, 2.75) is 17.7 Å². The molecular weight excluding hydrogens is 497 g/mol. The molecule has 1 atom stereocenters. The smallest absolute Gasteiger partial charge is 0.243 e. The average Bonchev–Trinajstić information content (AvgIpc) is 3.19. The number of piperidine rings is 1. The molecule has 9 heteroatoms. The van der Waals surface area contributed by atoms with Gasteiger partial charge >= 0.3 is 0 Å². The summed E-state index contributed by atoms with van der Waals surface area (Å²) in [6.45, 7) is 0.373. The Hall–Kier alpha value is -2.33. The maximum absolute atomic E-state index is 13.3. The molecule has 1 N–H and O–H groups in total. The summed E-state index contributed by atoms with van der Waals surface area (Å²) in [4.78, 5) is 0.230. The molecule has 3 aromatic rings. The van der Waals surface area contributed by atoms with E-state index >= 15 is 0 Å². The lowest BCUT2D eigenvalue weighted by Gasteiger charge is -2.45. The van der Waals surface area contributed by atoms with Crippen molar-refractivity contribution in [3.8, 4) is 5.69 Å². The molecule has 2 aliphatic rings. The molecule has 2 heterocycles. The fourth-order valence-corrected chi connectivity index (χ4v) is 6.74. The van der Waals surface area contributed by atoms with E-state index in [4.69, 9.17) is 0 Å². The second-order valence-corrected chi connectivity index (χ2v) is 11.1. The van der Waals surface area contributed by atoms with Gasteiger partial charge in [0.1, 0.15) is 5.82 Å². The number of hydrogen-bond acceptors (Lipinski definition) is 4. The van der Waals surface area contributed by atoms with Crippen LogP contribution in [0.3, 0.4) is 0 Å². The van der Waals surface area contributed by atoms with E-state index in [9.17, 15) is 17.9 Å². The molecule has 32 heavy (non-hydrogen) atoms. The third-order valence-corrected chi connectivity index (χ3v) is 8.66. The molecule has 1 fully saturated rings. The number of sulfonamides is 1. The molecule has 1 saturated heterocycles. The molecule has 0 radical (unpaired) electrons. The highest BCUT2D eigenvalue weighted by molar-refractivity contribution is 9.10. The normalized spacial score (nSPS) is 21.0. The summed E-state index contributed by atoms with van der Waals surface area (Å²) in [7, 11) is -3.69. The average molecular weight is 518 g/mol. The molecule has 0 bridgehead atoms. The second-order valence-electron chi connectivity index (χ2n) is 8.27. The number of nitrogens with zero attached hydrogens (tertiary/aromatic N) is 3. The minimum atomic E-state index is -3.69. The SMILES string of the molecule is O=S(=O)(c1cccc(Br)c1)N1CCC2=Cc3c(cnn3-c3ccc(F)cc3)CC2(CO)C1. The number of fused-ring (bicyclic) bond motifs is 2. The van der Waals surface area contributed by atoms with Crippen LogP contribution in [0.5, 0.6) is 0 Å². The Labute approximate surface area is 194 Å². The molecule has 1 aliphatic carbocycles. The molecule has 1 aliphatic heterocycles. The van der Waals surface area contributed by atoms with Gasteiger partial charge in [0.25, 0.3) is 0 Å². The van der Waals surface area contributed by atoms with Crippen LogP contribution in [-0.2, 0) is 16.4 Å². The third-order valence-electron chi connectivity index (χ3n) is 6.32. The van der Waals surface area contributed by atoms with Gasteiger partial charge in [0.15, 0.2) is 0 Å². The summed E-state index contributed by atoms with van der Waals surface area (Å²) in [6.07, 6.45) is 4.75. The lowest BCUT2D eigenvalue weighted by Crippen LogP contribution is -2.51. The van der Waals surface area contributed by atoms with Crippen LogP contribution in [-0.4, -0.2) is 47.3 Å². The van der Waals surface area contributed by atoms with E-state index in [1.54, 1.807) is 47.3 Å². The molecule has 0 amide bonds. The molecule has 1 aromatic heterocycles. The lowest BCUT2D eigenvalue weighted by molar-refractivity contribution is 0.111. The Morgan fingerprint density at radius 3 is 2.69 bits per heavy atom. The van der Waals surface area contributed by atoms with Crippen molar-refractivity contribution in [2.24, 2.45) is 5.41 Å². The molecule has 6 nitrogen and oxygen atoms in total. The van der Waals surface area contributed by atoms with Crippen LogP contribution in [0.25, 0.3) is 11.8 Å². The van der Waals surface area contributed by atoms with Gasteiger partial charge in [0, 0.05) is 23.0 Å². The standard InChI is InChI=1S/C23H21BrFN3O3S/c24-18-2-1-3-21(11-18)32(30,31)27-9-8-17-10-22-16(12-23(17,14-27)15-29)13-26-28(22)20-6-4-19(25)5-7-20/h1-7,10-11,13,29H,8-9,12,14-15H2. The fraction of sp³-hybridized carbons (Fsp3) is 0.261. The summed E-state index contributed by atoms with van der Waals surface area (Å²) in [6, 6.07) is 12.8. The topological polar surface area (TPSA) is 75.4 Å². The first-order valence-electron chi connectivity index (χ1n) is 10.2. The minimum Gasteiger partial charge on any atom is -0.395 e. The van der Waals surface area contributed by atoms with Gasteiger partial charge in [-0.25, -0.2) is 17.5 Å². The van der Waals surface area contributed by atoms with Gasteiger partial charge < -0.3 is 5.11 Å². The van der Waals surface area contributed by atoms with Crippen LogP contribution in [0, 0.1) is 11.2 Å². The van der Waals surface area contributed by atoms with Crippen LogP contribution < -0.4 is 0 Å². The number of rotatable bonds is 4. The largest absolute Gasteiger partial charge is 0.395 e. The van der Waals surface area contributed by atoms with Crippen molar-refractivity contribution in [2.75, 3.05) is 19.7 Å². The second kappa shape index (κ2) is 7.91.